The summed E-state index contributed by atoms with van der Waals surface area (Å²) in [4.78, 5) is 12.1. The zero-order valence-electron chi connectivity index (χ0n) is 11.2. The number of ether oxygens (including phenoxy) is 2. The monoisotopic (exact) mass is 263 g/mol. The first-order chi connectivity index (χ1) is 9.22. The minimum Gasteiger partial charge on any atom is -0.465 e. The van der Waals surface area contributed by atoms with E-state index in [9.17, 15) is 4.79 Å². The number of carbonyl (C=O) groups is 1. The van der Waals surface area contributed by atoms with E-state index in [1.54, 1.807) is 0 Å². The second-order valence-electron chi connectivity index (χ2n) is 4.88. The topological polar surface area (TPSA) is 64.8 Å². The maximum absolute atomic E-state index is 12.1. The summed E-state index contributed by atoms with van der Waals surface area (Å²) < 4.78 is 10.5. The van der Waals surface area contributed by atoms with Gasteiger partial charge < -0.3 is 15.2 Å². The molecule has 2 N–H and O–H groups in total. The van der Waals surface area contributed by atoms with Crippen molar-refractivity contribution in [1.29, 1.82) is 0 Å². The minimum absolute atomic E-state index is 0.199. The van der Waals surface area contributed by atoms with Crippen LogP contribution in [0.4, 0.5) is 0 Å². The molecule has 0 amide bonds. The lowest BCUT2D eigenvalue weighted by atomic mass is 9.96. The van der Waals surface area contributed by atoms with Gasteiger partial charge in [0.2, 0.25) is 0 Å². The van der Waals surface area contributed by atoms with E-state index in [1.807, 2.05) is 30.3 Å². The number of unbranched alkanes of at least 4 members (excludes halogenated alkanes) is 1. The van der Waals surface area contributed by atoms with Gasteiger partial charge in [0.05, 0.1) is 12.5 Å². The van der Waals surface area contributed by atoms with Gasteiger partial charge in [0.25, 0.3) is 0 Å². The van der Waals surface area contributed by atoms with Crippen molar-refractivity contribution in [2.45, 2.75) is 38.5 Å². The second-order valence-corrected chi connectivity index (χ2v) is 4.88. The molecule has 3 atom stereocenters. The maximum Gasteiger partial charge on any atom is 0.312 e. The van der Waals surface area contributed by atoms with Crippen LogP contribution in [-0.2, 0) is 20.7 Å². The molecule has 0 bridgehead atoms. The number of epoxide rings is 1. The molecule has 4 heteroatoms. The van der Waals surface area contributed by atoms with Crippen LogP contribution in [0, 0.1) is 5.92 Å². The van der Waals surface area contributed by atoms with Gasteiger partial charge in [-0.1, -0.05) is 43.7 Å². The molecule has 1 aromatic rings. The average molecular weight is 263 g/mol. The number of rotatable bonds is 7. The predicted molar refractivity (Wildman–Crippen MR) is 72.4 cm³/mol. The molecule has 0 aliphatic carbocycles. The summed E-state index contributed by atoms with van der Waals surface area (Å²) >= 11 is 0. The molecule has 104 valence electrons. The molecular weight excluding hydrogens is 242 g/mol. The van der Waals surface area contributed by atoms with Gasteiger partial charge in [0.15, 0.2) is 0 Å². The van der Waals surface area contributed by atoms with Gasteiger partial charge in [-0.3, -0.25) is 4.79 Å². The highest BCUT2D eigenvalue weighted by Crippen LogP contribution is 2.29. The number of hydrogen-bond acceptors (Lipinski definition) is 4. The summed E-state index contributed by atoms with van der Waals surface area (Å²) in [7, 11) is 0. The van der Waals surface area contributed by atoms with Gasteiger partial charge in [-0.2, -0.15) is 0 Å². The van der Waals surface area contributed by atoms with Crippen LogP contribution in [0.25, 0.3) is 0 Å². The fraction of sp³-hybridized carbons (Fsp3) is 0.533. The van der Waals surface area contributed by atoms with Gasteiger partial charge in [-0.15, -0.1) is 0 Å². The number of hydrogen-bond donors (Lipinski definition) is 1. The molecule has 19 heavy (non-hydrogen) atoms. The second kappa shape index (κ2) is 6.68. The van der Waals surface area contributed by atoms with E-state index >= 15 is 0 Å². The third-order valence-electron chi connectivity index (χ3n) is 3.30. The van der Waals surface area contributed by atoms with Crippen molar-refractivity contribution in [1.82, 2.24) is 0 Å². The van der Waals surface area contributed by atoms with E-state index < -0.39 is 0 Å². The lowest BCUT2D eigenvalue weighted by Gasteiger charge is -2.14. The predicted octanol–water partition coefficient (Wildman–Crippen LogP) is 1.87. The third-order valence-corrected chi connectivity index (χ3v) is 3.30. The molecule has 1 unspecified atom stereocenters. The van der Waals surface area contributed by atoms with Gasteiger partial charge in [0, 0.05) is 0 Å². The van der Waals surface area contributed by atoms with E-state index in [-0.39, 0.29) is 24.2 Å². The highest BCUT2D eigenvalue weighted by Gasteiger charge is 2.46. The Morgan fingerprint density at radius 2 is 2.11 bits per heavy atom. The highest BCUT2D eigenvalue weighted by molar-refractivity contribution is 5.74. The zero-order chi connectivity index (χ0) is 13.7. The summed E-state index contributed by atoms with van der Waals surface area (Å²) in [5, 5.41) is 0. The molecule has 2 rings (SSSR count). The van der Waals surface area contributed by atoms with Gasteiger partial charge >= 0.3 is 5.97 Å². The van der Waals surface area contributed by atoms with Crippen LogP contribution in [0.15, 0.2) is 30.3 Å². The van der Waals surface area contributed by atoms with Crippen LogP contribution in [-0.4, -0.2) is 24.9 Å². The van der Waals surface area contributed by atoms with Crippen LogP contribution >= 0.6 is 0 Å². The quantitative estimate of drug-likeness (QED) is 0.463. The Bertz CT molecular complexity index is 407. The van der Waals surface area contributed by atoms with E-state index in [0.717, 1.165) is 18.4 Å². The first kappa shape index (κ1) is 14.0. The Kier molecular flexibility index (Phi) is 4.93. The summed E-state index contributed by atoms with van der Waals surface area (Å²) in [6, 6.07) is 9.88. The Hall–Kier alpha value is -1.39. The van der Waals surface area contributed by atoms with Crippen molar-refractivity contribution in [3.63, 3.8) is 0 Å². The molecule has 0 radical (unpaired) electrons. The molecule has 0 spiro atoms. The molecule has 0 aromatic heterocycles. The van der Waals surface area contributed by atoms with Crippen molar-refractivity contribution < 1.29 is 14.3 Å². The number of nitrogens with two attached hydrogens (primary N) is 1. The standard InChI is InChI=1S/C15H21NO3/c1-2-3-9-18-15(17)12(13-14(16)19-13)10-11-7-5-4-6-8-11/h4-8,12-14H,2-3,9-10,16H2,1H3/t12-,13-,14?/m0/s1. The Labute approximate surface area is 113 Å². The first-order valence-electron chi connectivity index (χ1n) is 6.84. The van der Waals surface area contributed by atoms with Crippen molar-refractivity contribution in [3.8, 4) is 0 Å². The number of esters is 1. The normalized spacial score (nSPS) is 22.8. The van der Waals surface area contributed by atoms with Crippen molar-refractivity contribution in [2.75, 3.05) is 6.61 Å². The highest BCUT2D eigenvalue weighted by atomic mass is 16.6. The van der Waals surface area contributed by atoms with Crippen molar-refractivity contribution in [3.05, 3.63) is 35.9 Å². The summed E-state index contributed by atoms with van der Waals surface area (Å²) in [6.45, 7) is 2.54. The fourth-order valence-electron chi connectivity index (χ4n) is 2.09. The van der Waals surface area contributed by atoms with Gasteiger partial charge in [-0.25, -0.2) is 0 Å². The van der Waals surface area contributed by atoms with Crippen LogP contribution < -0.4 is 5.73 Å². The molecule has 1 saturated heterocycles. The van der Waals surface area contributed by atoms with Crippen molar-refractivity contribution >= 4 is 5.97 Å². The smallest absolute Gasteiger partial charge is 0.312 e. The lowest BCUT2D eigenvalue weighted by Crippen LogP contribution is -2.28. The largest absolute Gasteiger partial charge is 0.465 e. The van der Waals surface area contributed by atoms with Crippen LogP contribution in [0.1, 0.15) is 25.3 Å². The summed E-state index contributed by atoms with van der Waals surface area (Å²) in [6.07, 6.45) is 1.99. The molecule has 1 aromatic carbocycles. The molecule has 0 saturated carbocycles. The average Bonchev–Trinajstić information content (AvgIpc) is 3.14. The Morgan fingerprint density at radius 3 is 2.68 bits per heavy atom. The molecule has 1 aliphatic rings. The lowest BCUT2D eigenvalue weighted by molar-refractivity contribution is -0.149. The van der Waals surface area contributed by atoms with Gasteiger partial charge in [0.1, 0.15) is 12.3 Å². The van der Waals surface area contributed by atoms with E-state index in [1.165, 1.54) is 0 Å². The first-order valence-corrected chi connectivity index (χ1v) is 6.84. The number of benzene rings is 1. The van der Waals surface area contributed by atoms with Crippen LogP contribution in [0.3, 0.4) is 0 Å². The van der Waals surface area contributed by atoms with E-state index in [2.05, 4.69) is 6.92 Å². The SMILES string of the molecule is CCCCOC(=O)[C@@H](Cc1ccccc1)[C@@H]1OC1N. The summed E-state index contributed by atoms with van der Waals surface area (Å²) in [5.74, 6) is -0.496. The molecule has 4 nitrogen and oxygen atoms in total. The Balaban J connectivity index is 1.94. The maximum atomic E-state index is 12.1. The molecule has 1 fully saturated rings. The number of carbonyl (C=O) groups excluding carboxylic acids is 1. The minimum atomic E-state index is -0.326. The van der Waals surface area contributed by atoms with Crippen molar-refractivity contribution in [2.24, 2.45) is 11.7 Å². The molecular formula is C15H21NO3. The van der Waals surface area contributed by atoms with E-state index in [4.69, 9.17) is 15.2 Å². The fourth-order valence-corrected chi connectivity index (χ4v) is 2.09. The Morgan fingerprint density at radius 1 is 1.42 bits per heavy atom. The van der Waals surface area contributed by atoms with Gasteiger partial charge in [-0.05, 0) is 18.4 Å². The van der Waals surface area contributed by atoms with Crippen LogP contribution in [0.2, 0.25) is 0 Å². The zero-order valence-corrected chi connectivity index (χ0v) is 11.2. The van der Waals surface area contributed by atoms with E-state index in [0.29, 0.717) is 13.0 Å². The van der Waals surface area contributed by atoms with Crippen LogP contribution in [0.5, 0.6) is 0 Å². The summed E-state index contributed by atoms with van der Waals surface area (Å²) in [5.41, 5.74) is 6.78. The molecule has 1 aliphatic heterocycles. The molecule has 1 heterocycles. The third kappa shape index (κ3) is 4.04.